The number of fused-ring (bicyclic) bond motifs is 1. The van der Waals surface area contributed by atoms with Crippen molar-refractivity contribution in [1.82, 2.24) is 24.5 Å². The van der Waals surface area contributed by atoms with Gasteiger partial charge in [-0.2, -0.15) is 10.1 Å². The van der Waals surface area contributed by atoms with Gasteiger partial charge >= 0.3 is 0 Å². The lowest BCUT2D eigenvalue weighted by Crippen LogP contribution is -2.45. The van der Waals surface area contributed by atoms with Crippen molar-refractivity contribution >= 4 is 17.4 Å². The first-order valence-corrected chi connectivity index (χ1v) is 9.87. The lowest BCUT2D eigenvalue weighted by molar-refractivity contribution is -0.132. The van der Waals surface area contributed by atoms with Gasteiger partial charge < -0.3 is 10.2 Å². The quantitative estimate of drug-likeness (QED) is 0.739. The van der Waals surface area contributed by atoms with Crippen molar-refractivity contribution in [3.05, 3.63) is 53.6 Å². The van der Waals surface area contributed by atoms with Crippen LogP contribution in [0.2, 0.25) is 0 Å². The SMILES string of the molecule is Cc1nc2ncnn2c(C)c1CCC(=O)N1CCC[C@@H](Nc2ccccc2)C1. The Bertz CT molecular complexity index is 968. The van der Waals surface area contributed by atoms with Gasteiger partial charge in [-0.05, 0) is 50.8 Å². The molecule has 1 N–H and O–H groups in total. The molecule has 7 nitrogen and oxygen atoms in total. The molecule has 0 aliphatic carbocycles. The Balaban J connectivity index is 1.38. The molecule has 1 atom stereocenters. The second kappa shape index (κ2) is 7.96. The predicted octanol–water partition coefficient (Wildman–Crippen LogP) is 2.78. The van der Waals surface area contributed by atoms with E-state index < -0.39 is 0 Å². The third-order valence-corrected chi connectivity index (χ3v) is 5.50. The normalized spacial score (nSPS) is 17.1. The molecule has 0 unspecified atom stereocenters. The minimum atomic E-state index is 0.206. The highest BCUT2D eigenvalue weighted by molar-refractivity contribution is 5.76. The fourth-order valence-electron chi connectivity index (χ4n) is 4.00. The van der Waals surface area contributed by atoms with Gasteiger partial charge in [0.25, 0.3) is 5.78 Å². The summed E-state index contributed by atoms with van der Waals surface area (Å²) in [6.07, 6.45) is 4.79. The number of hydrogen-bond acceptors (Lipinski definition) is 5. The van der Waals surface area contributed by atoms with Crippen molar-refractivity contribution in [1.29, 1.82) is 0 Å². The van der Waals surface area contributed by atoms with E-state index >= 15 is 0 Å². The number of nitrogens with zero attached hydrogens (tertiary/aromatic N) is 5. The Morgan fingerprint density at radius 3 is 2.89 bits per heavy atom. The Hall–Kier alpha value is -2.96. The number of anilines is 1. The lowest BCUT2D eigenvalue weighted by Gasteiger charge is -2.34. The zero-order valence-corrected chi connectivity index (χ0v) is 16.4. The molecular formula is C21H26N6O. The van der Waals surface area contributed by atoms with E-state index in [1.165, 1.54) is 6.33 Å². The van der Waals surface area contributed by atoms with Crippen molar-refractivity contribution in [2.45, 2.75) is 45.6 Å². The van der Waals surface area contributed by atoms with E-state index in [-0.39, 0.29) is 5.91 Å². The second-order valence-corrected chi connectivity index (χ2v) is 7.42. The number of piperidine rings is 1. The molecule has 0 spiro atoms. The van der Waals surface area contributed by atoms with Crippen LogP contribution in [0.15, 0.2) is 36.7 Å². The summed E-state index contributed by atoms with van der Waals surface area (Å²) >= 11 is 0. The molecule has 0 radical (unpaired) electrons. The Kier molecular flexibility index (Phi) is 5.23. The number of benzene rings is 1. The van der Waals surface area contributed by atoms with Crippen LogP contribution in [-0.2, 0) is 11.2 Å². The zero-order chi connectivity index (χ0) is 19.5. The minimum absolute atomic E-state index is 0.206. The summed E-state index contributed by atoms with van der Waals surface area (Å²) in [5, 5.41) is 7.78. The Labute approximate surface area is 164 Å². The number of para-hydroxylation sites is 1. The molecular weight excluding hydrogens is 352 g/mol. The van der Waals surface area contributed by atoms with Crippen LogP contribution in [0.25, 0.3) is 5.78 Å². The summed E-state index contributed by atoms with van der Waals surface area (Å²) in [5.41, 5.74) is 4.13. The van der Waals surface area contributed by atoms with Crippen LogP contribution < -0.4 is 5.32 Å². The van der Waals surface area contributed by atoms with Gasteiger partial charge in [0.1, 0.15) is 6.33 Å². The van der Waals surface area contributed by atoms with Crippen LogP contribution >= 0.6 is 0 Å². The van der Waals surface area contributed by atoms with Crippen LogP contribution in [0.3, 0.4) is 0 Å². The minimum Gasteiger partial charge on any atom is -0.381 e. The van der Waals surface area contributed by atoms with Crippen molar-refractivity contribution in [3.63, 3.8) is 0 Å². The first-order chi connectivity index (χ1) is 13.6. The fourth-order valence-corrected chi connectivity index (χ4v) is 4.00. The fraction of sp³-hybridized carbons (Fsp3) is 0.429. The van der Waals surface area contributed by atoms with E-state index in [0.717, 1.165) is 48.6 Å². The topological polar surface area (TPSA) is 75.4 Å². The van der Waals surface area contributed by atoms with Gasteiger partial charge in [0.15, 0.2) is 0 Å². The number of rotatable bonds is 5. The second-order valence-electron chi connectivity index (χ2n) is 7.42. The zero-order valence-electron chi connectivity index (χ0n) is 16.4. The van der Waals surface area contributed by atoms with E-state index in [0.29, 0.717) is 24.7 Å². The lowest BCUT2D eigenvalue weighted by atomic mass is 10.0. The van der Waals surface area contributed by atoms with Gasteiger partial charge in [-0.25, -0.2) is 9.50 Å². The molecule has 0 saturated carbocycles. The van der Waals surface area contributed by atoms with E-state index in [1.54, 1.807) is 4.52 Å². The summed E-state index contributed by atoms with van der Waals surface area (Å²) in [6, 6.07) is 10.5. The van der Waals surface area contributed by atoms with Crippen LogP contribution in [0, 0.1) is 13.8 Å². The molecule has 7 heteroatoms. The summed E-state index contributed by atoms with van der Waals surface area (Å²) in [5.74, 6) is 0.813. The summed E-state index contributed by atoms with van der Waals surface area (Å²) in [4.78, 5) is 23.5. The van der Waals surface area contributed by atoms with Crippen molar-refractivity contribution in [3.8, 4) is 0 Å². The van der Waals surface area contributed by atoms with Gasteiger partial charge in [-0.3, -0.25) is 4.79 Å². The molecule has 2 aromatic heterocycles. The molecule has 146 valence electrons. The number of carbonyl (C=O) groups is 1. The molecule has 1 amide bonds. The molecule has 1 fully saturated rings. The molecule has 0 bridgehead atoms. The van der Waals surface area contributed by atoms with Gasteiger partial charge in [-0.15, -0.1) is 0 Å². The third-order valence-electron chi connectivity index (χ3n) is 5.50. The molecule has 28 heavy (non-hydrogen) atoms. The maximum Gasteiger partial charge on any atom is 0.252 e. The van der Waals surface area contributed by atoms with Crippen molar-refractivity contribution in [2.24, 2.45) is 0 Å². The van der Waals surface area contributed by atoms with Crippen LogP contribution in [0.5, 0.6) is 0 Å². The van der Waals surface area contributed by atoms with Crippen molar-refractivity contribution < 1.29 is 4.79 Å². The average molecular weight is 378 g/mol. The average Bonchev–Trinajstić information content (AvgIpc) is 3.17. The molecule has 4 rings (SSSR count). The maximum atomic E-state index is 12.8. The molecule has 1 aromatic carbocycles. The maximum absolute atomic E-state index is 12.8. The number of aryl methyl sites for hydroxylation is 2. The largest absolute Gasteiger partial charge is 0.381 e. The van der Waals surface area contributed by atoms with Gasteiger partial charge in [-0.1, -0.05) is 18.2 Å². The molecule has 3 heterocycles. The smallest absolute Gasteiger partial charge is 0.252 e. The molecule has 1 aliphatic rings. The van der Waals surface area contributed by atoms with E-state index in [2.05, 4.69) is 32.5 Å². The highest BCUT2D eigenvalue weighted by Gasteiger charge is 2.24. The highest BCUT2D eigenvalue weighted by atomic mass is 16.2. The van der Waals surface area contributed by atoms with E-state index in [9.17, 15) is 4.79 Å². The van der Waals surface area contributed by atoms with Crippen molar-refractivity contribution in [2.75, 3.05) is 18.4 Å². The van der Waals surface area contributed by atoms with Gasteiger partial charge in [0, 0.05) is 42.6 Å². The standard InChI is InChI=1S/C21H26N6O/c1-15-19(16(2)27-21(24-15)22-14-23-27)10-11-20(28)26-12-6-9-18(13-26)25-17-7-4-3-5-8-17/h3-5,7-8,14,18,25H,6,9-13H2,1-2H3/t18-/m1/s1. The first-order valence-electron chi connectivity index (χ1n) is 9.87. The highest BCUT2D eigenvalue weighted by Crippen LogP contribution is 2.19. The van der Waals surface area contributed by atoms with Crippen LogP contribution in [0.4, 0.5) is 5.69 Å². The first kappa shape index (κ1) is 18.4. The summed E-state index contributed by atoms with van der Waals surface area (Å²) in [6.45, 7) is 5.58. The van der Waals surface area contributed by atoms with Gasteiger partial charge in [0.05, 0.1) is 0 Å². The number of carbonyl (C=O) groups excluding carboxylic acids is 1. The number of likely N-dealkylation sites (tertiary alicyclic amines) is 1. The summed E-state index contributed by atoms with van der Waals surface area (Å²) in [7, 11) is 0. The number of aromatic nitrogens is 4. The van der Waals surface area contributed by atoms with Crippen LogP contribution in [-0.4, -0.2) is 49.5 Å². The Morgan fingerprint density at radius 1 is 1.25 bits per heavy atom. The van der Waals surface area contributed by atoms with Crippen LogP contribution in [0.1, 0.15) is 36.2 Å². The number of hydrogen-bond donors (Lipinski definition) is 1. The number of nitrogens with one attached hydrogen (secondary N) is 1. The number of amides is 1. The monoisotopic (exact) mass is 378 g/mol. The van der Waals surface area contributed by atoms with E-state index in [1.807, 2.05) is 36.9 Å². The third kappa shape index (κ3) is 3.83. The predicted molar refractivity (Wildman–Crippen MR) is 108 cm³/mol. The molecule has 1 saturated heterocycles. The molecule has 1 aliphatic heterocycles. The Morgan fingerprint density at radius 2 is 2.07 bits per heavy atom. The van der Waals surface area contributed by atoms with E-state index in [4.69, 9.17) is 0 Å². The molecule has 3 aromatic rings. The summed E-state index contributed by atoms with van der Waals surface area (Å²) < 4.78 is 1.74. The van der Waals surface area contributed by atoms with Gasteiger partial charge in [0.2, 0.25) is 5.91 Å².